The van der Waals surface area contributed by atoms with Gasteiger partial charge >= 0.3 is 0 Å². The van der Waals surface area contributed by atoms with Crippen molar-refractivity contribution in [2.45, 2.75) is 43.9 Å². The van der Waals surface area contributed by atoms with E-state index >= 15 is 0 Å². The van der Waals surface area contributed by atoms with Gasteiger partial charge in [0.1, 0.15) is 0 Å². The third kappa shape index (κ3) is 4.66. The first-order valence-electron chi connectivity index (χ1n) is 9.85. The first kappa shape index (κ1) is 20.4. The molecule has 0 radical (unpaired) electrons. The van der Waals surface area contributed by atoms with Gasteiger partial charge in [-0.25, -0.2) is 0 Å². The molecule has 3 aromatic rings. The molecule has 2 N–H and O–H groups in total. The summed E-state index contributed by atoms with van der Waals surface area (Å²) in [5.74, 6) is 0.867. The van der Waals surface area contributed by atoms with E-state index in [1.54, 1.807) is 12.1 Å². The van der Waals surface area contributed by atoms with E-state index in [0.29, 0.717) is 38.6 Å². The summed E-state index contributed by atoms with van der Waals surface area (Å²) in [6, 6.07) is 16.1. The van der Waals surface area contributed by atoms with Crippen molar-refractivity contribution in [1.82, 2.24) is 9.97 Å². The van der Waals surface area contributed by atoms with Crippen molar-refractivity contribution in [1.29, 1.82) is 0 Å². The fourth-order valence-electron chi connectivity index (χ4n) is 4.35. The molecule has 1 aliphatic carbocycles. The molecule has 29 heavy (non-hydrogen) atoms. The van der Waals surface area contributed by atoms with Crippen molar-refractivity contribution in [2.75, 3.05) is 0 Å². The van der Waals surface area contributed by atoms with Crippen LogP contribution < -0.4 is 5.56 Å². The largest absolute Gasteiger partial charge is 0.335 e. The number of halogens is 2. The molecule has 150 valence electrons. The fourth-order valence-corrected chi connectivity index (χ4v) is 5.03. The second-order valence-electron chi connectivity index (χ2n) is 7.67. The van der Waals surface area contributed by atoms with Crippen molar-refractivity contribution in [2.24, 2.45) is 0 Å². The number of hydrogen-bond acceptors (Lipinski definition) is 2. The molecule has 1 aromatic heterocycles. The van der Waals surface area contributed by atoms with Gasteiger partial charge in [-0.3, -0.25) is 9.78 Å². The first-order chi connectivity index (χ1) is 14.0. The first-order valence-corrected chi connectivity index (χ1v) is 11.0. The molecule has 0 bridgehead atoms. The monoisotopic (exact) mass is 444 g/mol. The van der Waals surface area contributed by atoms with E-state index in [-0.39, 0.29) is 5.56 Å². The van der Waals surface area contributed by atoms with E-state index in [1.807, 2.05) is 6.07 Å². The van der Waals surface area contributed by atoms with Gasteiger partial charge in [-0.15, -0.1) is 0 Å². The SMILES string of the molecule is O=c1[nH]c(=S)[nH]c(C2CCC(c3ccccc3)CC2)c1Cc1ccc(Cl)cc1Cl. The maximum Gasteiger partial charge on any atom is 0.255 e. The average molecular weight is 445 g/mol. The number of benzene rings is 2. The molecular formula is C23H22Cl2N2OS. The Balaban J connectivity index is 1.61. The Morgan fingerprint density at radius 2 is 1.62 bits per heavy atom. The molecule has 0 saturated heterocycles. The summed E-state index contributed by atoms with van der Waals surface area (Å²) in [7, 11) is 0. The highest BCUT2D eigenvalue weighted by Gasteiger charge is 2.26. The van der Waals surface area contributed by atoms with Crippen LogP contribution in [0.2, 0.25) is 10.0 Å². The molecule has 4 rings (SSSR count). The van der Waals surface area contributed by atoms with Gasteiger partial charge < -0.3 is 4.98 Å². The summed E-state index contributed by atoms with van der Waals surface area (Å²) in [4.78, 5) is 18.8. The molecule has 6 heteroatoms. The highest BCUT2D eigenvalue weighted by molar-refractivity contribution is 7.71. The average Bonchev–Trinajstić information content (AvgIpc) is 2.72. The summed E-state index contributed by atoms with van der Waals surface area (Å²) in [5.41, 5.74) is 3.81. The predicted molar refractivity (Wildman–Crippen MR) is 122 cm³/mol. The lowest BCUT2D eigenvalue weighted by Crippen LogP contribution is -2.22. The summed E-state index contributed by atoms with van der Waals surface area (Å²) in [6.45, 7) is 0. The number of H-pyrrole nitrogens is 2. The zero-order valence-corrected chi connectivity index (χ0v) is 18.2. The van der Waals surface area contributed by atoms with E-state index in [2.05, 4.69) is 40.3 Å². The molecule has 0 amide bonds. The van der Waals surface area contributed by atoms with Crippen LogP contribution in [0.15, 0.2) is 53.3 Å². The Bertz CT molecular complexity index is 1120. The van der Waals surface area contributed by atoms with Crippen LogP contribution in [0.1, 0.15) is 59.9 Å². The third-order valence-corrected chi connectivity index (χ3v) is 6.65. The van der Waals surface area contributed by atoms with Crippen LogP contribution in [0.4, 0.5) is 0 Å². The number of aromatic amines is 2. The Morgan fingerprint density at radius 3 is 2.31 bits per heavy atom. The minimum atomic E-state index is -0.139. The standard InChI is InChI=1S/C23H22Cl2N2OS/c24-18-11-10-17(20(25)13-18)12-19-21(26-23(29)27-22(19)28)16-8-6-15(7-9-16)14-4-2-1-3-5-14/h1-5,10-11,13,15-16H,6-9,12H2,(H2,26,27,28,29). The van der Waals surface area contributed by atoms with Crippen molar-refractivity contribution in [3.63, 3.8) is 0 Å². The molecular weight excluding hydrogens is 423 g/mol. The molecule has 2 aromatic carbocycles. The maximum atomic E-state index is 12.8. The fraction of sp³-hybridized carbons (Fsp3) is 0.304. The lowest BCUT2D eigenvalue weighted by molar-refractivity contribution is 0.389. The van der Waals surface area contributed by atoms with Gasteiger partial charge in [0.15, 0.2) is 4.77 Å². The normalized spacial score (nSPS) is 19.2. The molecule has 1 heterocycles. The Labute approximate surface area is 185 Å². The zero-order chi connectivity index (χ0) is 20.4. The van der Waals surface area contributed by atoms with Gasteiger partial charge in [0.25, 0.3) is 5.56 Å². The van der Waals surface area contributed by atoms with Crippen LogP contribution in [-0.4, -0.2) is 9.97 Å². The third-order valence-electron chi connectivity index (χ3n) is 5.86. The molecule has 0 unspecified atom stereocenters. The predicted octanol–water partition coefficient (Wildman–Crippen LogP) is 6.77. The summed E-state index contributed by atoms with van der Waals surface area (Å²) in [6.07, 6.45) is 4.70. The number of hydrogen-bond donors (Lipinski definition) is 2. The van der Waals surface area contributed by atoms with Crippen LogP contribution in [0.3, 0.4) is 0 Å². The summed E-state index contributed by atoms with van der Waals surface area (Å²) < 4.78 is 0.376. The molecule has 0 atom stereocenters. The molecule has 0 spiro atoms. The molecule has 1 aliphatic rings. The van der Waals surface area contributed by atoms with E-state index in [0.717, 1.165) is 36.9 Å². The van der Waals surface area contributed by atoms with Gasteiger partial charge in [0.2, 0.25) is 0 Å². The van der Waals surface area contributed by atoms with Crippen LogP contribution in [-0.2, 0) is 6.42 Å². The van der Waals surface area contributed by atoms with Gasteiger partial charge in [0, 0.05) is 27.7 Å². The van der Waals surface area contributed by atoms with Crippen LogP contribution in [0.25, 0.3) is 0 Å². The Morgan fingerprint density at radius 1 is 0.931 bits per heavy atom. The van der Waals surface area contributed by atoms with Crippen LogP contribution in [0.5, 0.6) is 0 Å². The summed E-state index contributed by atoms with van der Waals surface area (Å²) >= 11 is 17.6. The molecule has 0 aliphatic heterocycles. The van der Waals surface area contributed by atoms with Crippen molar-refractivity contribution >= 4 is 35.4 Å². The number of nitrogens with one attached hydrogen (secondary N) is 2. The minimum absolute atomic E-state index is 0.139. The molecule has 3 nitrogen and oxygen atoms in total. The van der Waals surface area contributed by atoms with Crippen LogP contribution >= 0.6 is 35.4 Å². The number of rotatable bonds is 4. The summed E-state index contributed by atoms with van der Waals surface area (Å²) in [5, 5.41) is 1.15. The minimum Gasteiger partial charge on any atom is -0.335 e. The van der Waals surface area contributed by atoms with Gasteiger partial charge in [-0.05, 0) is 73.0 Å². The lowest BCUT2D eigenvalue weighted by Gasteiger charge is -2.30. The highest BCUT2D eigenvalue weighted by Crippen LogP contribution is 2.40. The number of aromatic nitrogens is 2. The second kappa shape index (κ2) is 8.86. The van der Waals surface area contributed by atoms with Crippen LogP contribution in [0, 0.1) is 4.77 Å². The van der Waals surface area contributed by atoms with Crippen molar-refractivity contribution < 1.29 is 0 Å². The lowest BCUT2D eigenvalue weighted by atomic mass is 9.76. The Kier molecular flexibility index (Phi) is 6.23. The Hall–Kier alpha value is -1.88. The zero-order valence-electron chi connectivity index (χ0n) is 15.9. The van der Waals surface area contributed by atoms with Gasteiger partial charge in [-0.1, -0.05) is 59.6 Å². The maximum absolute atomic E-state index is 12.8. The highest BCUT2D eigenvalue weighted by atomic mass is 35.5. The van der Waals surface area contributed by atoms with E-state index in [1.165, 1.54) is 5.56 Å². The molecule has 1 saturated carbocycles. The van der Waals surface area contributed by atoms with E-state index < -0.39 is 0 Å². The second-order valence-corrected chi connectivity index (χ2v) is 8.92. The quantitative estimate of drug-likeness (QED) is 0.436. The molecule has 1 fully saturated rings. The van der Waals surface area contributed by atoms with E-state index in [4.69, 9.17) is 35.4 Å². The smallest absolute Gasteiger partial charge is 0.255 e. The van der Waals surface area contributed by atoms with Crippen molar-refractivity contribution in [3.05, 3.63) is 96.1 Å². The van der Waals surface area contributed by atoms with Gasteiger partial charge in [-0.2, -0.15) is 0 Å². The van der Waals surface area contributed by atoms with Gasteiger partial charge in [0.05, 0.1) is 0 Å². The van der Waals surface area contributed by atoms with E-state index in [9.17, 15) is 4.79 Å². The van der Waals surface area contributed by atoms with Crippen molar-refractivity contribution in [3.8, 4) is 0 Å². The topological polar surface area (TPSA) is 48.6 Å².